The highest BCUT2D eigenvalue weighted by atomic mass is 35.5. The summed E-state index contributed by atoms with van der Waals surface area (Å²) in [5.74, 6) is 0.833. The van der Waals surface area contributed by atoms with Gasteiger partial charge in [0, 0.05) is 12.7 Å². The van der Waals surface area contributed by atoms with Gasteiger partial charge in [-0.05, 0) is 19.1 Å². The lowest BCUT2D eigenvalue weighted by Crippen LogP contribution is -1.99. The third-order valence-corrected chi connectivity index (χ3v) is 1.79. The topological polar surface area (TPSA) is 24.9 Å². The number of pyridine rings is 1. The zero-order chi connectivity index (χ0) is 10.2. The number of halogens is 1. The summed E-state index contributed by atoms with van der Waals surface area (Å²) in [4.78, 5) is 4.10. The van der Waals surface area contributed by atoms with Crippen molar-refractivity contribution in [1.82, 2.24) is 4.98 Å². The van der Waals surface area contributed by atoms with Crippen LogP contribution < -0.4 is 5.32 Å². The smallest absolute Gasteiger partial charge is 0.126 e. The van der Waals surface area contributed by atoms with Gasteiger partial charge in [0.25, 0.3) is 0 Å². The van der Waals surface area contributed by atoms with E-state index in [1.807, 2.05) is 43.4 Å². The van der Waals surface area contributed by atoms with E-state index >= 15 is 0 Å². The highest BCUT2D eigenvalue weighted by Crippen LogP contribution is 2.08. The Kier molecular flexibility index (Phi) is 4.79. The van der Waals surface area contributed by atoms with Gasteiger partial charge >= 0.3 is 0 Å². The van der Waals surface area contributed by atoms with Crippen molar-refractivity contribution in [3.63, 3.8) is 0 Å². The summed E-state index contributed by atoms with van der Waals surface area (Å²) in [5.41, 5.74) is 0. The molecule has 1 rings (SSSR count). The summed E-state index contributed by atoms with van der Waals surface area (Å²) in [6, 6.07) is 3.67. The molecule has 0 amide bonds. The van der Waals surface area contributed by atoms with Crippen molar-refractivity contribution >= 4 is 17.4 Å². The van der Waals surface area contributed by atoms with Gasteiger partial charge in [-0.2, -0.15) is 0 Å². The molecule has 3 heteroatoms. The van der Waals surface area contributed by atoms with Crippen LogP contribution in [-0.4, -0.2) is 11.5 Å². The molecule has 0 aliphatic heterocycles. The minimum atomic E-state index is 0.653. The van der Waals surface area contributed by atoms with Gasteiger partial charge in [-0.3, -0.25) is 0 Å². The van der Waals surface area contributed by atoms with Crippen LogP contribution in [0.1, 0.15) is 6.92 Å². The standard InChI is InChI=1S/C11H13ClN2/c1-2-3-4-5-8-13-11-7-6-10(12)9-14-11/h2-7,9H,8H2,1H3,(H,13,14)/b3-2+,5-4+. The molecule has 0 saturated carbocycles. The molecule has 0 radical (unpaired) electrons. The Hall–Kier alpha value is -1.28. The third-order valence-electron chi connectivity index (χ3n) is 1.57. The van der Waals surface area contributed by atoms with E-state index in [1.165, 1.54) is 0 Å². The molecule has 0 spiro atoms. The fraction of sp³-hybridized carbons (Fsp3) is 0.182. The van der Waals surface area contributed by atoms with Gasteiger partial charge < -0.3 is 5.32 Å². The van der Waals surface area contributed by atoms with Gasteiger partial charge in [0.1, 0.15) is 5.82 Å². The quantitative estimate of drug-likeness (QED) is 0.769. The van der Waals surface area contributed by atoms with Crippen LogP contribution in [0.3, 0.4) is 0 Å². The van der Waals surface area contributed by atoms with E-state index in [2.05, 4.69) is 10.3 Å². The molecule has 0 aliphatic rings. The number of nitrogens with zero attached hydrogens (tertiary/aromatic N) is 1. The number of hydrogen-bond acceptors (Lipinski definition) is 2. The predicted octanol–water partition coefficient (Wildman–Crippen LogP) is 3.28. The monoisotopic (exact) mass is 208 g/mol. The molecule has 0 aliphatic carbocycles. The maximum Gasteiger partial charge on any atom is 0.126 e. The van der Waals surface area contributed by atoms with Crippen LogP contribution in [-0.2, 0) is 0 Å². The predicted molar refractivity (Wildman–Crippen MR) is 61.7 cm³/mol. The number of hydrogen-bond donors (Lipinski definition) is 1. The zero-order valence-electron chi connectivity index (χ0n) is 8.07. The average molecular weight is 209 g/mol. The molecule has 1 heterocycles. The van der Waals surface area contributed by atoms with E-state index in [0.717, 1.165) is 12.4 Å². The molecule has 74 valence electrons. The number of rotatable bonds is 4. The van der Waals surface area contributed by atoms with Crippen molar-refractivity contribution < 1.29 is 0 Å². The number of allylic oxidation sites excluding steroid dienone is 3. The van der Waals surface area contributed by atoms with Crippen LogP contribution in [0.15, 0.2) is 42.6 Å². The Morgan fingerprint density at radius 2 is 2.29 bits per heavy atom. The van der Waals surface area contributed by atoms with Crippen molar-refractivity contribution in [2.45, 2.75) is 6.92 Å². The van der Waals surface area contributed by atoms with Crippen molar-refractivity contribution in [2.24, 2.45) is 0 Å². The SMILES string of the molecule is C/C=C/C=C/CNc1ccc(Cl)cn1. The first-order chi connectivity index (χ1) is 6.83. The Morgan fingerprint density at radius 1 is 1.43 bits per heavy atom. The summed E-state index contributed by atoms with van der Waals surface area (Å²) < 4.78 is 0. The van der Waals surface area contributed by atoms with Gasteiger partial charge in [-0.1, -0.05) is 35.9 Å². The van der Waals surface area contributed by atoms with E-state index in [1.54, 1.807) is 6.20 Å². The highest BCUT2D eigenvalue weighted by molar-refractivity contribution is 6.30. The molecule has 14 heavy (non-hydrogen) atoms. The van der Waals surface area contributed by atoms with Gasteiger partial charge in [-0.15, -0.1) is 0 Å². The second-order valence-corrected chi connectivity index (χ2v) is 3.13. The van der Waals surface area contributed by atoms with Crippen molar-refractivity contribution in [2.75, 3.05) is 11.9 Å². The van der Waals surface area contributed by atoms with Crippen LogP contribution in [0, 0.1) is 0 Å². The molecule has 0 bridgehead atoms. The molecule has 0 fully saturated rings. The van der Waals surface area contributed by atoms with E-state index < -0.39 is 0 Å². The summed E-state index contributed by atoms with van der Waals surface area (Å²) >= 11 is 5.70. The first-order valence-corrected chi connectivity index (χ1v) is 4.84. The second-order valence-electron chi connectivity index (χ2n) is 2.70. The lowest BCUT2D eigenvalue weighted by molar-refractivity contribution is 1.23. The lowest BCUT2D eigenvalue weighted by atomic mass is 10.4. The van der Waals surface area contributed by atoms with Crippen LogP contribution in [0.25, 0.3) is 0 Å². The zero-order valence-corrected chi connectivity index (χ0v) is 8.83. The minimum Gasteiger partial charge on any atom is -0.367 e. The van der Waals surface area contributed by atoms with Crippen molar-refractivity contribution in [1.29, 1.82) is 0 Å². The molecular weight excluding hydrogens is 196 g/mol. The van der Waals surface area contributed by atoms with E-state index in [-0.39, 0.29) is 0 Å². The third kappa shape index (κ3) is 4.10. The molecule has 0 aromatic carbocycles. The van der Waals surface area contributed by atoms with Crippen molar-refractivity contribution in [3.8, 4) is 0 Å². The highest BCUT2D eigenvalue weighted by Gasteiger charge is 1.90. The van der Waals surface area contributed by atoms with E-state index in [0.29, 0.717) is 5.02 Å². The summed E-state index contributed by atoms with van der Waals surface area (Å²) in [7, 11) is 0. The van der Waals surface area contributed by atoms with Gasteiger partial charge in [0.2, 0.25) is 0 Å². The largest absolute Gasteiger partial charge is 0.367 e. The maximum atomic E-state index is 5.70. The second kappa shape index (κ2) is 6.22. The number of nitrogens with one attached hydrogen (secondary N) is 1. The molecule has 1 aromatic heterocycles. The van der Waals surface area contributed by atoms with Crippen LogP contribution >= 0.6 is 11.6 Å². The van der Waals surface area contributed by atoms with E-state index in [9.17, 15) is 0 Å². The molecule has 1 N–H and O–H groups in total. The van der Waals surface area contributed by atoms with Gasteiger partial charge in [-0.25, -0.2) is 4.98 Å². The number of anilines is 1. The Balaban J connectivity index is 2.35. The summed E-state index contributed by atoms with van der Waals surface area (Å²) in [6.07, 6.45) is 9.60. The average Bonchev–Trinajstić information content (AvgIpc) is 2.21. The minimum absolute atomic E-state index is 0.653. The molecule has 0 saturated heterocycles. The molecular formula is C11H13ClN2. The fourth-order valence-electron chi connectivity index (χ4n) is 0.902. The van der Waals surface area contributed by atoms with Crippen LogP contribution in [0.5, 0.6) is 0 Å². The van der Waals surface area contributed by atoms with Gasteiger partial charge in [0.15, 0.2) is 0 Å². The van der Waals surface area contributed by atoms with Crippen molar-refractivity contribution in [3.05, 3.63) is 47.7 Å². The van der Waals surface area contributed by atoms with Crippen LogP contribution in [0.4, 0.5) is 5.82 Å². The molecule has 1 aromatic rings. The fourth-order valence-corrected chi connectivity index (χ4v) is 1.01. The lowest BCUT2D eigenvalue weighted by Gasteiger charge is -2.00. The summed E-state index contributed by atoms with van der Waals surface area (Å²) in [5, 5.41) is 3.79. The normalized spacial score (nSPS) is 11.3. The van der Waals surface area contributed by atoms with E-state index in [4.69, 9.17) is 11.6 Å². The Bertz CT molecular complexity index is 315. The number of aromatic nitrogens is 1. The molecule has 0 unspecified atom stereocenters. The van der Waals surface area contributed by atoms with Crippen LogP contribution in [0.2, 0.25) is 5.02 Å². The maximum absolute atomic E-state index is 5.70. The Morgan fingerprint density at radius 3 is 2.93 bits per heavy atom. The molecule has 2 nitrogen and oxygen atoms in total. The Labute approximate surface area is 89.3 Å². The van der Waals surface area contributed by atoms with Gasteiger partial charge in [0.05, 0.1) is 5.02 Å². The first-order valence-electron chi connectivity index (χ1n) is 4.46. The first kappa shape index (κ1) is 10.8. The summed E-state index contributed by atoms with van der Waals surface area (Å²) in [6.45, 7) is 2.75. The molecule has 0 atom stereocenters.